The van der Waals surface area contributed by atoms with Crippen molar-refractivity contribution < 1.29 is 14.6 Å². The molecule has 0 bridgehead atoms. The number of aliphatic hydroxyl groups excluding tert-OH is 1. The first kappa shape index (κ1) is 14.7. The molecular weight excluding hydrogens is 234 g/mol. The highest BCUT2D eigenvalue weighted by Gasteiger charge is 2.12. The number of methoxy groups -OCH3 is 1. The van der Waals surface area contributed by atoms with Gasteiger partial charge in [0.15, 0.2) is 0 Å². The minimum Gasteiger partial charge on any atom is -0.391 e. The Morgan fingerprint density at radius 3 is 2.94 bits per heavy atom. The third-order valence-electron chi connectivity index (χ3n) is 2.65. The van der Waals surface area contributed by atoms with Gasteiger partial charge in [-0.25, -0.2) is 0 Å². The first-order valence-electron chi connectivity index (χ1n) is 6.06. The van der Waals surface area contributed by atoms with E-state index in [0.717, 1.165) is 12.1 Å². The summed E-state index contributed by atoms with van der Waals surface area (Å²) in [4.78, 5) is 11.8. The normalized spacial score (nSPS) is 12.4. The van der Waals surface area contributed by atoms with E-state index in [2.05, 4.69) is 10.4 Å². The minimum atomic E-state index is -0.548. The Kier molecular flexibility index (Phi) is 5.80. The van der Waals surface area contributed by atoms with E-state index in [1.807, 2.05) is 6.92 Å². The molecule has 1 unspecified atom stereocenters. The lowest BCUT2D eigenvalue weighted by Gasteiger charge is -2.10. The van der Waals surface area contributed by atoms with Gasteiger partial charge in [0.05, 0.1) is 18.4 Å². The van der Waals surface area contributed by atoms with Crippen LogP contribution in [0.1, 0.15) is 29.5 Å². The number of carbonyl (C=O) groups excluding carboxylic acids is 1. The van der Waals surface area contributed by atoms with Crippen LogP contribution in [0.15, 0.2) is 6.07 Å². The Balaban J connectivity index is 2.43. The molecule has 1 amide bonds. The molecule has 1 aromatic rings. The van der Waals surface area contributed by atoms with Crippen molar-refractivity contribution in [1.82, 2.24) is 15.1 Å². The molecule has 0 aromatic carbocycles. The highest BCUT2D eigenvalue weighted by Crippen LogP contribution is 2.03. The van der Waals surface area contributed by atoms with Crippen molar-refractivity contribution in [3.8, 4) is 0 Å². The van der Waals surface area contributed by atoms with Crippen LogP contribution in [-0.2, 0) is 18.2 Å². The van der Waals surface area contributed by atoms with Gasteiger partial charge in [-0.15, -0.1) is 0 Å². The summed E-state index contributed by atoms with van der Waals surface area (Å²) in [7, 11) is 3.28. The SMILES string of the molecule is CCc1cc(C(=O)NCCC(O)COC)n(C)n1. The van der Waals surface area contributed by atoms with Crippen molar-refractivity contribution >= 4 is 5.91 Å². The summed E-state index contributed by atoms with van der Waals surface area (Å²) < 4.78 is 6.38. The van der Waals surface area contributed by atoms with Gasteiger partial charge in [0.25, 0.3) is 5.91 Å². The summed E-state index contributed by atoms with van der Waals surface area (Å²) in [6.07, 6.45) is 0.721. The maximum absolute atomic E-state index is 11.8. The summed E-state index contributed by atoms with van der Waals surface area (Å²) in [6.45, 7) is 2.68. The predicted molar refractivity (Wildman–Crippen MR) is 67.4 cm³/mol. The number of carbonyl (C=O) groups is 1. The number of aliphatic hydroxyl groups is 1. The maximum Gasteiger partial charge on any atom is 0.269 e. The number of nitrogens with zero attached hydrogens (tertiary/aromatic N) is 2. The van der Waals surface area contributed by atoms with Crippen LogP contribution >= 0.6 is 0 Å². The van der Waals surface area contributed by atoms with Crippen LogP contribution in [0.2, 0.25) is 0 Å². The Morgan fingerprint density at radius 1 is 1.67 bits per heavy atom. The standard InChI is InChI=1S/C12H21N3O3/c1-4-9-7-11(15(2)14-9)12(17)13-6-5-10(16)8-18-3/h7,10,16H,4-6,8H2,1-3H3,(H,13,17). The van der Waals surface area contributed by atoms with Gasteiger partial charge in [-0.2, -0.15) is 5.10 Å². The van der Waals surface area contributed by atoms with E-state index in [4.69, 9.17) is 4.74 Å². The van der Waals surface area contributed by atoms with Gasteiger partial charge in [0, 0.05) is 20.7 Å². The van der Waals surface area contributed by atoms with Gasteiger partial charge < -0.3 is 15.2 Å². The first-order valence-corrected chi connectivity index (χ1v) is 6.06. The fraction of sp³-hybridized carbons (Fsp3) is 0.667. The summed E-state index contributed by atoms with van der Waals surface area (Å²) >= 11 is 0. The molecule has 0 saturated heterocycles. The zero-order chi connectivity index (χ0) is 13.5. The summed E-state index contributed by atoms with van der Waals surface area (Å²) in [5.41, 5.74) is 1.43. The van der Waals surface area contributed by atoms with E-state index < -0.39 is 6.10 Å². The van der Waals surface area contributed by atoms with Crippen molar-refractivity contribution in [2.24, 2.45) is 7.05 Å². The van der Waals surface area contributed by atoms with Crippen LogP contribution in [-0.4, -0.2) is 47.2 Å². The van der Waals surface area contributed by atoms with Crippen LogP contribution in [0.5, 0.6) is 0 Å². The Bertz CT molecular complexity index is 390. The number of rotatable bonds is 7. The van der Waals surface area contributed by atoms with Gasteiger partial charge in [-0.3, -0.25) is 9.48 Å². The molecule has 6 heteroatoms. The second-order valence-electron chi connectivity index (χ2n) is 4.15. The number of hydrogen-bond acceptors (Lipinski definition) is 4. The predicted octanol–water partition coefficient (Wildman–Crippen LogP) is 0.110. The number of nitrogens with one attached hydrogen (secondary N) is 1. The van der Waals surface area contributed by atoms with Gasteiger partial charge in [0.1, 0.15) is 5.69 Å². The molecule has 1 aromatic heterocycles. The minimum absolute atomic E-state index is 0.172. The van der Waals surface area contributed by atoms with Crippen molar-refractivity contribution in [2.75, 3.05) is 20.3 Å². The van der Waals surface area contributed by atoms with E-state index in [-0.39, 0.29) is 12.5 Å². The first-order chi connectivity index (χ1) is 8.58. The molecule has 0 aliphatic carbocycles. The average Bonchev–Trinajstić information content (AvgIpc) is 2.71. The Hall–Kier alpha value is -1.40. The highest BCUT2D eigenvalue weighted by molar-refractivity contribution is 5.92. The average molecular weight is 255 g/mol. The smallest absolute Gasteiger partial charge is 0.269 e. The molecule has 18 heavy (non-hydrogen) atoms. The zero-order valence-corrected chi connectivity index (χ0v) is 11.1. The molecule has 1 rings (SSSR count). The van der Waals surface area contributed by atoms with E-state index >= 15 is 0 Å². The van der Waals surface area contributed by atoms with Gasteiger partial charge >= 0.3 is 0 Å². The Morgan fingerprint density at radius 2 is 2.39 bits per heavy atom. The van der Waals surface area contributed by atoms with Crippen LogP contribution < -0.4 is 5.32 Å². The second kappa shape index (κ2) is 7.13. The van der Waals surface area contributed by atoms with E-state index in [1.165, 1.54) is 7.11 Å². The molecular formula is C12H21N3O3. The molecule has 0 aliphatic rings. The number of ether oxygens (including phenoxy) is 1. The van der Waals surface area contributed by atoms with Gasteiger partial charge in [0.2, 0.25) is 0 Å². The van der Waals surface area contributed by atoms with Crippen LogP contribution in [0.3, 0.4) is 0 Å². The van der Waals surface area contributed by atoms with Gasteiger partial charge in [-0.05, 0) is 18.9 Å². The second-order valence-corrected chi connectivity index (χ2v) is 4.15. The van der Waals surface area contributed by atoms with Crippen molar-refractivity contribution in [2.45, 2.75) is 25.9 Å². The fourth-order valence-corrected chi connectivity index (χ4v) is 1.63. The van der Waals surface area contributed by atoms with Crippen molar-refractivity contribution in [3.05, 3.63) is 17.5 Å². The summed E-state index contributed by atoms with van der Waals surface area (Å²) in [6, 6.07) is 1.78. The zero-order valence-electron chi connectivity index (χ0n) is 11.1. The molecule has 0 radical (unpaired) electrons. The van der Waals surface area contributed by atoms with Crippen molar-refractivity contribution in [1.29, 1.82) is 0 Å². The van der Waals surface area contributed by atoms with E-state index in [1.54, 1.807) is 17.8 Å². The van der Waals surface area contributed by atoms with Crippen molar-refractivity contribution in [3.63, 3.8) is 0 Å². The third kappa shape index (κ3) is 4.12. The topological polar surface area (TPSA) is 76.4 Å². The number of hydrogen-bond donors (Lipinski definition) is 2. The van der Waals surface area contributed by atoms with Gasteiger partial charge in [-0.1, -0.05) is 6.92 Å². The molecule has 2 N–H and O–H groups in total. The molecule has 0 fully saturated rings. The van der Waals surface area contributed by atoms with E-state index in [0.29, 0.717) is 18.7 Å². The maximum atomic E-state index is 11.8. The van der Waals surface area contributed by atoms with Crippen LogP contribution in [0.4, 0.5) is 0 Å². The lowest BCUT2D eigenvalue weighted by atomic mass is 10.2. The monoisotopic (exact) mass is 255 g/mol. The number of amides is 1. The number of aromatic nitrogens is 2. The molecule has 0 aliphatic heterocycles. The largest absolute Gasteiger partial charge is 0.391 e. The third-order valence-corrected chi connectivity index (χ3v) is 2.65. The lowest BCUT2D eigenvalue weighted by molar-refractivity contribution is 0.0587. The van der Waals surface area contributed by atoms with Crippen LogP contribution in [0.25, 0.3) is 0 Å². The molecule has 1 atom stereocenters. The highest BCUT2D eigenvalue weighted by atomic mass is 16.5. The molecule has 1 heterocycles. The number of aryl methyl sites for hydroxylation is 2. The Labute approximate surface area is 107 Å². The lowest BCUT2D eigenvalue weighted by Crippen LogP contribution is -2.29. The molecule has 0 saturated carbocycles. The molecule has 0 spiro atoms. The molecule has 6 nitrogen and oxygen atoms in total. The van der Waals surface area contributed by atoms with E-state index in [9.17, 15) is 9.90 Å². The quantitative estimate of drug-likeness (QED) is 0.725. The summed E-state index contributed by atoms with van der Waals surface area (Å²) in [5.74, 6) is -0.172. The molecule has 102 valence electrons. The van der Waals surface area contributed by atoms with Crippen LogP contribution in [0, 0.1) is 0 Å². The summed E-state index contributed by atoms with van der Waals surface area (Å²) in [5, 5.41) is 16.4. The fourth-order valence-electron chi connectivity index (χ4n) is 1.63.